The Balaban J connectivity index is 0.000000845. The molecule has 0 bridgehead atoms. The molecule has 1 aliphatic rings. The molecule has 1 nitrogen and oxygen atoms in total. The van der Waals surface area contributed by atoms with Gasteiger partial charge in [-0.05, 0) is 11.0 Å². The first-order valence-corrected chi connectivity index (χ1v) is 5.06. The zero-order chi connectivity index (χ0) is 8.23. The first kappa shape index (κ1) is 10.5. The third kappa shape index (κ3) is 2.98. The molecular formula is C10H12ClNS. The maximum atomic E-state index is 2.31. The minimum atomic E-state index is 0. The molecule has 0 radical (unpaired) electrons. The fourth-order valence-electron chi connectivity index (χ4n) is 1.23. The molecule has 0 saturated heterocycles. The van der Waals surface area contributed by atoms with E-state index in [1.807, 2.05) is 11.8 Å². The molecule has 0 amide bonds. The highest BCUT2D eigenvalue weighted by Gasteiger charge is 2.03. The van der Waals surface area contributed by atoms with Crippen LogP contribution in [0, 0.1) is 0 Å². The Morgan fingerprint density at radius 2 is 2.00 bits per heavy atom. The second kappa shape index (κ2) is 5.20. The van der Waals surface area contributed by atoms with Crippen molar-refractivity contribution in [3.63, 3.8) is 0 Å². The molecule has 0 atom stereocenters. The number of nitrogens with zero attached hydrogens (tertiary/aromatic N) is 1. The van der Waals surface area contributed by atoms with Crippen LogP contribution in [-0.2, 0) is 6.54 Å². The van der Waals surface area contributed by atoms with Crippen LogP contribution in [0.15, 0.2) is 41.9 Å². The summed E-state index contributed by atoms with van der Waals surface area (Å²) in [6.45, 7) is 1.03. The first-order valence-electron chi connectivity index (χ1n) is 4.01. The Morgan fingerprint density at radius 3 is 2.62 bits per heavy atom. The molecule has 1 aromatic carbocycles. The smallest absolute Gasteiger partial charge is 0.0678 e. The SMILES string of the molecule is C1=CN(Cc2ccccc2)CS1.Cl. The van der Waals surface area contributed by atoms with Crippen LogP contribution in [0.3, 0.4) is 0 Å². The lowest BCUT2D eigenvalue weighted by Gasteiger charge is -2.13. The van der Waals surface area contributed by atoms with Crippen molar-refractivity contribution in [2.24, 2.45) is 0 Å². The number of benzene rings is 1. The van der Waals surface area contributed by atoms with Crippen LogP contribution in [0.1, 0.15) is 5.56 Å². The number of rotatable bonds is 2. The molecular weight excluding hydrogens is 202 g/mol. The maximum Gasteiger partial charge on any atom is 0.0678 e. The topological polar surface area (TPSA) is 3.24 Å². The van der Waals surface area contributed by atoms with E-state index in [0.29, 0.717) is 0 Å². The van der Waals surface area contributed by atoms with Crippen LogP contribution < -0.4 is 0 Å². The van der Waals surface area contributed by atoms with Gasteiger partial charge in [0.1, 0.15) is 0 Å². The molecule has 0 aromatic heterocycles. The van der Waals surface area contributed by atoms with Crippen LogP contribution in [0.2, 0.25) is 0 Å². The van der Waals surface area contributed by atoms with Gasteiger partial charge >= 0.3 is 0 Å². The van der Waals surface area contributed by atoms with Crippen molar-refractivity contribution >= 4 is 24.2 Å². The van der Waals surface area contributed by atoms with Gasteiger partial charge < -0.3 is 4.90 Å². The first-order chi connectivity index (χ1) is 5.95. The molecule has 0 aliphatic carbocycles. The van der Waals surface area contributed by atoms with Gasteiger partial charge in [-0.15, -0.1) is 24.2 Å². The van der Waals surface area contributed by atoms with Gasteiger partial charge in [0.05, 0.1) is 5.88 Å². The Hall–Kier alpha value is -0.600. The molecule has 0 fully saturated rings. The predicted octanol–water partition coefficient (Wildman–Crippen LogP) is 3.09. The summed E-state index contributed by atoms with van der Waals surface area (Å²) in [6.07, 6.45) is 2.15. The van der Waals surface area contributed by atoms with Crippen LogP contribution in [0.4, 0.5) is 0 Å². The van der Waals surface area contributed by atoms with E-state index in [1.165, 1.54) is 5.56 Å². The van der Waals surface area contributed by atoms with E-state index in [2.05, 4.69) is 46.8 Å². The molecule has 1 aliphatic heterocycles. The second-order valence-corrected chi connectivity index (χ2v) is 3.68. The molecule has 13 heavy (non-hydrogen) atoms. The van der Waals surface area contributed by atoms with E-state index in [9.17, 15) is 0 Å². The lowest BCUT2D eigenvalue weighted by atomic mass is 10.2. The molecule has 3 heteroatoms. The average molecular weight is 214 g/mol. The van der Waals surface area contributed by atoms with Gasteiger partial charge in [0.2, 0.25) is 0 Å². The average Bonchev–Trinajstić information content (AvgIpc) is 2.59. The van der Waals surface area contributed by atoms with Crippen molar-refractivity contribution in [2.45, 2.75) is 6.54 Å². The summed E-state index contributed by atoms with van der Waals surface area (Å²) in [5.41, 5.74) is 1.38. The van der Waals surface area contributed by atoms with Gasteiger partial charge in [-0.3, -0.25) is 0 Å². The summed E-state index contributed by atoms with van der Waals surface area (Å²) in [6, 6.07) is 10.6. The summed E-state index contributed by atoms with van der Waals surface area (Å²) in [5, 5.41) is 2.14. The van der Waals surface area contributed by atoms with Crippen LogP contribution >= 0.6 is 24.2 Å². The van der Waals surface area contributed by atoms with E-state index < -0.39 is 0 Å². The quantitative estimate of drug-likeness (QED) is 0.743. The third-order valence-electron chi connectivity index (χ3n) is 1.84. The summed E-state index contributed by atoms with van der Waals surface area (Å²) >= 11 is 1.85. The number of halogens is 1. The fourth-order valence-corrected chi connectivity index (χ4v) is 1.94. The van der Waals surface area contributed by atoms with Gasteiger partial charge in [-0.25, -0.2) is 0 Å². The van der Waals surface area contributed by atoms with Crippen molar-refractivity contribution in [3.8, 4) is 0 Å². The van der Waals surface area contributed by atoms with Crippen molar-refractivity contribution in [1.29, 1.82) is 0 Å². The van der Waals surface area contributed by atoms with E-state index >= 15 is 0 Å². The summed E-state index contributed by atoms with van der Waals surface area (Å²) in [7, 11) is 0. The lowest BCUT2D eigenvalue weighted by Crippen LogP contribution is -2.11. The molecule has 0 saturated carbocycles. The summed E-state index contributed by atoms with van der Waals surface area (Å²) < 4.78 is 0. The third-order valence-corrected chi connectivity index (χ3v) is 2.63. The molecule has 70 valence electrons. The Kier molecular flexibility index (Phi) is 4.19. The minimum absolute atomic E-state index is 0. The van der Waals surface area contributed by atoms with Gasteiger partial charge in [0.25, 0.3) is 0 Å². The highest BCUT2D eigenvalue weighted by atomic mass is 35.5. The Morgan fingerprint density at radius 1 is 1.23 bits per heavy atom. The number of hydrogen-bond acceptors (Lipinski definition) is 2. The molecule has 1 heterocycles. The van der Waals surface area contributed by atoms with Crippen molar-refractivity contribution in [1.82, 2.24) is 4.90 Å². The molecule has 0 spiro atoms. The van der Waals surface area contributed by atoms with Crippen molar-refractivity contribution in [2.75, 3.05) is 5.88 Å². The Bertz CT molecular complexity index is 274. The van der Waals surface area contributed by atoms with Crippen LogP contribution in [0.25, 0.3) is 0 Å². The van der Waals surface area contributed by atoms with Crippen molar-refractivity contribution < 1.29 is 0 Å². The fraction of sp³-hybridized carbons (Fsp3) is 0.200. The van der Waals surface area contributed by atoms with E-state index in [0.717, 1.165) is 12.4 Å². The zero-order valence-electron chi connectivity index (χ0n) is 7.22. The van der Waals surface area contributed by atoms with E-state index in [1.54, 1.807) is 0 Å². The standard InChI is InChI=1S/C10H11NS.ClH/c1-2-4-10(5-3-1)8-11-6-7-12-9-11;/h1-7H,8-9H2;1H. The molecule has 0 N–H and O–H groups in total. The number of thioether (sulfide) groups is 1. The van der Waals surface area contributed by atoms with Gasteiger partial charge in [-0.1, -0.05) is 30.3 Å². The van der Waals surface area contributed by atoms with Crippen LogP contribution in [0.5, 0.6) is 0 Å². The van der Waals surface area contributed by atoms with Crippen LogP contribution in [-0.4, -0.2) is 10.8 Å². The highest BCUT2D eigenvalue weighted by Crippen LogP contribution is 2.17. The lowest BCUT2D eigenvalue weighted by molar-refractivity contribution is 0.441. The van der Waals surface area contributed by atoms with Gasteiger partial charge in [0, 0.05) is 12.7 Å². The monoisotopic (exact) mass is 213 g/mol. The molecule has 2 rings (SSSR count). The summed E-state index contributed by atoms with van der Waals surface area (Å²) in [4.78, 5) is 2.31. The van der Waals surface area contributed by atoms with E-state index in [-0.39, 0.29) is 12.4 Å². The molecule has 1 aromatic rings. The zero-order valence-corrected chi connectivity index (χ0v) is 8.85. The minimum Gasteiger partial charge on any atom is -0.363 e. The predicted molar refractivity (Wildman–Crippen MR) is 60.8 cm³/mol. The largest absolute Gasteiger partial charge is 0.363 e. The Labute approximate surface area is 89.2 Å². The normalized spacial score (nSPS) is 14.3. The van der Waals surface area contributed by atoms with Gasteiger partial charge in [0.15, 0.2) is 0 Å². The van der Waals surface area contributed by atoms with Gasteiger partial charge in [-0.2, -0.15) is 0 Å². The van der Waals surface area contributed by atoms with Crippen molar-refractivity contribution in [3.05, 3.63) is 47.5 Å². The summed E-state index contributed by atoms with van der Waals surface area (Å²) in [5.74, 6) is 1.09. The number of hydrogen-bond donors (Lipinski definition) is 0. The van der Waals surface area contributed by atoms with E-state index in [4.69, 9.17) is 0 Å². The maximum absolute atomic E-state index is 2.31. The second-order valence-electron chi connectivity index (χ2n) is 2.81. The highest BCUT2D eigenvalue weighted by molar-refractivity contribution is 8.02. The molecule has 0 unspecified atom stereocenters.